The summed E-state index contributed by atoms with van der Waals surface area (Å²) in [6.45, 7) is 4.27. The van der Waals surface area contributed by atoms with Crippen LogP contribution >= 0.6 is 31.3 Å². The second-order valence-electron chi connectivity index (χ2n) is 31.2. The van der Waals surface area contributed by atoms with Gasteiger partial charge in [0.15, 0.2) is 5.54 Å². The molecule has 8 aromatic rings. The Bertz CT molecular complexity index is 6890. The van der Waals surface area contributed by atoms with Gasteiger partial charge in [0.1, 0.15) is 104 Å². The number of H-pyrrole nitrogens is 2. The fourth-order valence-electron chi connectivity index (χ4n) is 15.1. The van der Waals surface area contributed by atoms with Gasteiger partial charge in [-0.3, -0.25) is 69.7 Å². The molecule has 14 rings (SSSR count). The fourth-order valence-corrected chi connectivity index (χ4v) is 19.5. The van der Waals surface area contributed by atoms with Crippen LogP contribution in [0.15, 0.2) is 132 Å². The lowest BCUT2D eigenvalue weighted by Gasteiger charge is -2.42. The van der Waals surface area contributed by atoms with Crippen molar-refractivity contribution in [3.63, 3.8) is 0 Å². The minimum atomic E-state index is -5.62. The molecule has 12 atom stereocenters. The van der Waals surface area contributed by atoms with E-state index in [-0.39, 0.29) is 90.5 Å². The average Bonchev–Trinajstić information content (AvgIpc) is 0.825. The monoisotopic (exact) mass is 1900 g/mol. The molecule has 0 radical (unpaired) electrons. The van der Waals surface area contributed by atoms with E-state index in [4.69, 9.17) is 56.2 Å². The molecule has 0 spiro atoms. The number of likely N-dealkylation sites (N-methyl/N-ethyl adjacent to an activating group) is 2. The van der Waals surface area contributed by atoms with Crippen LogP contribution in [0.25, 0.3) is 16.7 Å². The molecule has 48 nitrogen and oxygen atoms in total. The van der Waals surface area contributed by atoms with E-state index in [1.54, 1.807) is 78.2 Å². The molecule has 128 heavy (non-hydrogen) atoms. The number of aryl methyl sites for hydroxylation is 1. The smallest absolute Gasteiger partial charge is 0.472 e. The van der Waals surface area contributed by atoms with E-state index in [0.717, 1.165) is 43.0 Å². The molecule has 6 aliphatic rings. The summed E-state index contributed by atoms with van der Waals surface area (Å²) < 4.78 is 200. The second-order valence-corrected chi connectivity index (χ2v) is 39.5. The Kier molecular flexibility index (Phi) is 26.2. The number of ether oxygens (including phenoxy) is 4. The summed E-state index contributed by atoms with van der Waals surface area (Å²) in [6, 6.07) is 14.2. The van der Waals surface area contributed by atoms with Crippen LogP contribution < -0.4 is 64.0 Å². The molecule has 3 saturated heterocycles. The first-order valence-electron chi connectivity index (χ1n) is 38.2. The van der Waals surface area contributed by atoms with Gasteiger partial charge in [0.25, 0.3) is 17.0 Å². The molecule has 3 aromatic carbocycles. The maximum absolute atomic E-state index is 14.3. The lowest BCUT2D eigenvalue weighted by atomic mass is 9.83. The van der Waals surface area contributed by atoms with Gasteiger partial charge in [-0.1, -0.05) is 29.2 Å². The van der Waals surface area contributed by atoms with Crippen molar-refractivity contribution in [3.8, 4) is 23.3 Å². The maximum atomic E-state index is 14.3. The Morgan fingerprint density at radius 2 is 1.28 bits per heavy atom. The normalized spacial score (nSPS) is 22.6. The van der Waals surface area contributed by atoms with Crippen LogP contribution in [-0.2, 0) is 104 Å². The van der Waals surface area contributed by atoms with Gasteiger partial charge in [0, 0.05) is 104 Å². The van der Waals surface area contributed by atoms with Gasteiger partial charge in [0.05, 0.1) is 98.9 Å². The van der Waals surface area contributed by atoms with E-state index in [1.165, 1.54) is 49.7 Å². The number of nitrogen functional groups attached to an aromatic ring is 1. The predicted molar refractivity (Wildman–Crippen MR) is 437 cm³/mol. The summed E-state index contributed by atoms with van der Waals surface area (Å²) in [5.74, 6) is 1.25. The molecule has 0 saturated carbocycles. The zero-order valence-corrected chi connectivity index (χ0v) is 73.2. The van der Waals surface area contributed by atoms with Crippen molar-refractivity contribution < 1.29 is 138 Å². The molecule has 11 N–H and O–H groups in total. The number of phosphoric ester groups is 4. The van der Waals surface area contributed by atoms with Crippen molar-refractivity contribution >= 4 is 91.6 Å². The van der Waals surface area contributed by atoms with E-state index in [0.29, 0.717) is 11.0 Å². The van der Waals surface area contributed by atoms with E-state index in [9.17, 15) is 107 Å². The van der Waals surface area contributed by atoms with Crippen molar-refractivity contribution in [2.24, 2.45) is 0 Å². The Hall–Kier alpha value is -10.5. The molecule has 1 amide bonds. The number of fused-ring (bicyclic) bond motifs is 4. The molecular weight excluding hydrogens is 1820 g/mol. The topological polar surface area (TPSA) is 672 Å². The summed E-state index contributed by atoms with van der Waals surface area (Å²) in [7, 11) is -27.9. The van der Waals surface area contributed by atoms with E-state index >= 15 is 0 Å². The van der Waals surface area contributed by atoms with Crippen LogP contribution in [0.2, 0.25) is 0 Å². The Labute approximate surface area is 721 Å². The highest BCUT2D eigenvalue weighted by Crippen LogP contribution is 2.55. The van der Waals surface area contributed by atoms with Crippen LogP contribution in [0.5, 0.6) is 11.5 Å². The lowest BCUT2D eigenvalue weighted by Crippen LogP contribution is -2.47. The SMILES string of the molecule is Cc1cn([C@H]2CC(OP(=O)(O)OCc3ccco3)[C@@H](COP(=O)(O)OC3C[C@H](n4cc(C#CCc5cn(CNC(=O)c6ccc(C7=c8cc9c(cc8Oc8cc%10c(cc87)C(CS(=O)(=O)[O-])=CC(C)(C)N%10C)=[N+](C)C(C)(C)C=C9CS(=O)(=O)[O-])c(C(=O)O)c6)nn5)c(=O)[nH]c4=O)O[C@@H]3COP(=O)(O)OC3C[C@H](n4ccc(N)nc4=O)O[C@@H]3COP(=O)(O)O)O2)c(=O)[nH]c1=O. The third-order valence-corrected chi connectivity index (χ3v) is 26.3. The Balaban J connectivity index is 0.704. The molecule has 0 aliphatic carbocycles. The van der Waals surface area contributed by atoms with Crippen molar-refractivity contribution in [1.82, 2.24) is 53.5 Å². The van der Waals surface area contributed by atoms with Gasteiger partial charge >= 0.3 is 54.3 Å². The van der Waals surface area contributed by atoms with Crippen molar-refractivity contribution in [2.75, 3.05) is 56.1 Å². The number of carbonyl (C=O) groups is 2. The molecule has 684 valence electrons. The number of furan rings is 1. The lowest BCUT2D eigenvalue weighted by molar-refractivity contribution is -0.0617. The minimum absolute atomic E-state index is 0.0156. The van der Waals surface area contributed by atoms with Gasteiger partial charge in [-0.05, 0) is 86.0 Å². The number of aromatic amines is 2. The van der Waals surface area contributed by atoms with E-state index in [2.05, 4.69) is 46.9 Å². The van der Waals surface area contributed by atoms with Crippen LogP contribution in [0.1, 0.15) is 131 Å². The van der Waals surface area contributed by atoms with E-state index in [1.807, 2.05) is 9.48 Å². The first-order chi connectivity index (χ1) is 59.8. The zero-order valence-electron chi connectivity index (χ0n) is 68.0. The summed E-state index contributed by atoms with van der Waals surface area (Å²) in [5.41, 5.74) is -0.469. The first-order valence-corrected chi connectivity index (χ1v) is 47.4. The highest BCUT2D eigenvalue weighted by Gasteiger charge is 2.49. The first kappa shape index (κ1) is 93.7. The standard InChI is InChI=1S/C74H81N13O35P4S2/c1-38-28-86(71(94)78-66(38)88)63-24-56(120-124(99,100)113-31-44-12-9-17-111-44)59(118-63)33-114-126(103,104)122-57-25-64(119-60(57)34-115-125(101,102)121-55-23-62(85-16-15-61(75)77-70(85)93)117-58(55)32-112-123(96,97)98)87-29-40(68(90)79-72(87)95)10-8-11-43-30-84(81-80-43)37-76-67(89)39-13-14-45(48(18-39)69(91)92)65-49-19-46-41(35-127(105,106)107)26-73(2,3)82(6)51(46)21-53(49)116-54-22-52-47(20-50(54)65)42(36-128(108,109)110)27-74(4,5)83(52)7/h9,12-22,26-30,55-60,62-64H,11,23-25,31-37H2,1-7H3,(H12-,75,76,77,78,79,88,89,90,91,92,93,94,95,96,97,98,99,100,101,102,103,104,105,106,107,108,109,110)/p-1/t55?,56?,57?,58-,59-,60-,62-,63-,64-/m1/s1. The quantitative estimate of drug-likeness (QED) is 0.0126. The van der Waals surface area contributed by atoms with E-state index < -0.39 is 233 Å². The number of carboxylic acid groups (broad SMARTS) is 1. The summed E-state index contributed by atoms with van der Waals surface area (Å²) in [4.78, 5) is 156. The van der Waals surface area contributed by atoms with Crippen LogP contribution in [0, 0.1) is 18.8 Å². The number of hydrogen-bond donors (Lipinski definition) is 10. The van der Waals surface area contributed by atoms with Gasteiger partial charge < -0.3 is 78.0 Å². The third-order valence-electron chi connectivity index (χ3n) is 21.5. The van der Waals surface area contributed by atoms with Crippen LogP contribution in [0.3, 0.4) is 0 Å². The Morgan fingerprint density at radius 1 is 0.703 bits per heavy atom. The maximum Gasteiger partial charge on any atom is 0.472 e. The molecular formula is C74H80N13O35P4S2-. The number of aromatic nitrogens is 9. The van der Waals surface area contributed by atoms with Gasteiger partial charge in [-0.2, -0.15) is 4.98 Å². The fraction of sp³-hybridized carbons (Fsp3) is 0.392. The highest BCUT2D eigenvalue weighted by atomic mass is 32.2. The number of nitrogens with one attached hydrogen (secondary N) is 3. The van der Waals surface area contributed by atoms with Gasteiger partial charge in [-0.15, -0.1) is 5.10 Å². The molecule has 11 heterocycles. The zero-order chi connectivity index (χ0) is 92.6. The number of carboxylic acids is 1. The largest absolute Gasteiger partial charge is 0.748 e. The molecule has 5 aromatic heterocycles. The molecule has 6 unspecified atom stereocenters. The number of amides is 1. The number of aromatic carboxylic acids is 1. The Morgan fingerprint density at radius 3 is 1.86 bits per heavy atom. The van der Waals surface area contributed by atoms with Gasteiger partial charge in [-0.25, -0.2) is 63.5 Å². The number of benzene rings is 3. The molecule has 54 heteroatoms. The van der Waals surface area contributed by atoms with Gasteiger partial charge in [0.2, 0.25) is 5.36 Å². The van der Waals surface area contributed by atoms with Crippen molar-refractivity contribution in [1.29, 1.82) is 0 Å². The highest BCUT2D eigenvalue weighted by molar-refractivity contribution is 7.86. The predicted octanol–water partition coefficient (Wildman–Crippen LogP) is 1.13. The number of nitrogens with two attached hydrogens (primary N) is 1. The number of phosphoric acid groups is 4. The summed E-state index contributed by atoms with van der Waals surface area (Å²) in [6.07, 6.45) is -7.90. The van der Waals surface area contributed by atoms with Crippen LogP contribution in [0.4, 0.5) is 11.5 Å². The molecule has 3 fully saturated rings. The second kappa shape index (κ2) is 35.8. The number of anilines is 2. The molecule has 6 aliphatic heterocycles. The summed E-state index contributed by atoms with van der Waals surface area (Å²) in [5, 5.41) is 22.4. The number of carbonyl (C=O) groups excluding carboxylic acids is 1. The number of nitrogens with zero attached hydrogens (tertiary/aromatic N) is 9. The van der Waals surface area contributed by atoms with Crippen molar-refractivity contribution in [2.45, 2.75) is 140 Å². The number of hydrogen-bond acceptors (Lipinski definition) is 34. The third kappa shape index (κ3) is 21.5. The minimum Gasteiger partial charge on any atom is -0.748 e. The van der Waals surface area contributed by atoms with Crippen LogP contribution in [-0.4, -0.2) is 204 Å². The average molecular weight is 1900 g/mol. The number of rotatable bonds is 31. The van der Waals surface area contributed by atoms with Crippen molar-refractivity contribution in [3.05, 3.63) is 223 Å². The summed E-state index contributed by atoms with van der Waals surface area (Å²) >= 11 is 0. The molecule has 0 bridgehead atoms.